The van der Waals surface area contributed by atoms with Gasteiger partial charge in [0.1, 0.15) is 18.2 Å². The van der Waals surface area contributed by atoms with Crippen molar-refractivity contribution in [3.63, 3.8) is 0 Å². The predicted octanol–water partition coefficient (Wildman–Crippen LogP) is 6.47. The fraction of sp³-hybridized carbons (Fsp3) is 0.120. The molecule has 0 aliphatic rings. The van der Waals surface area contributed by atoms with E-state index in [1.54, 1.807) is 24.3 Å². The second-order valence-corrected chi connectivity index (χ2v) is 8.31. The fourth-order valence-corrected chi connectivity index (χ4v) is 3.59. The zero-order chi connectivity index (χ0) is 22.9. The standard InChI is InChI=1S/C25H20ClIN2O3/c1-2-31-24-13-17(10-11-23(24)32-16-18-6-3-4-9-22(18)26)12-19(15-28)25(30)29-21-8-5-7-20(27)14-21/h3-14H,2,16H2,1H3,(H,29,30)/b19-12+. The van der Waals surface area contributed by atoms with E-state index in [-0.39, 0.29) is 12.2 Å². The molecule has 7 heteroatoms. The number of hydrogen-bond acceptors (Lipinski definition) is 4. The summed E-state index contributed by atoms with van der Waals surface area (Å²) in [5.41, 5.74) is 2.12. The summed E-state index contributed by atoms with van der Waals surface area (Å²) >= 11 is 8.36. The number of rotatable bonds is 8. The predicted molar refractivity (Wildman–Crippen MR) is 135 cm³/mol. The number of carbonyl (C=O) groups is 1. The molecule has 1 N–H and O–H groups in total. The van der Waals surface area contributed by atoms with E-state index in [1.165, 1.54) is 6.08 Å². The van der Waals surface area contributed by atoms with Gasteiger partial charge in [-0.05, 0) is 77.6 Å². The molecule has 0 unspecified atom stereocenters. The Labute approximate surface area is 205 Å². The van der Waals surface area contributed by atoms with Gasteiger partial charge in [0.05, 0.1) is 6.61 Å². The molecule has 0 fully saturated rings. The number of benzene rings is 3. The summed E-state index contributed by atoms with van der Waals surface area (Å²) in [6, 6.07) is 22.0. The lowest BCUT2D eigenvalue weighted by atomic mass is 10.1. The molecule has 0 atom stereocenters. The highest BCUT2D eigenvalue weighted by atomic mass is 127. The van der Waals surface area contributed by atoms with Gasteiger partial charge < -0.3 is 14.8 Å². The van der Waals surface area contributed by atoms with Crippen LogP contribution < -0.4 is 14.8 Å². The highest BCUT2D eigenvalue weighted by Gasteiger charge is 2.12. The molecule has 0 aromatic heterocycles. The second-order valence-electron chi connectivity index (χ2n) is 6.65. The minimum atomic E-state index is -0.480. The average molecular weight is 559 g/mol. The van der Waals surface area contributed by atoms with Crippen LogP contribution in [0.1, 0.15) is 18.1 Å². The molecule has 0 saturated heterocycles. The third-order valence-corrected chi connectivity index (χ3v) is 5.41. The molecule has 0 spiro atoms. The molecule has 0 bridgehead atoms. The fourth-order valence-electron chi connectivity index (χ4n) is 2.85. The van der Waals surface area contributed by atoms with Crippen molar-refractivity contribution in [3.05, 3.63) is 92.0 Å². The Kier molecular flexibility index (Phi) is 8.54. The molecule has 1 amide bonds. The van der Waals surface area contributed by atoms with Gasteiger partial charge in [-0.3, -0.25) is 4.79 Å². The number of nitrogens with zero attached hydrogens (tertiary/aromatic N) is 1. The Morgan fingerprint density at radius 3 is 2.62 bits per heavy atom. The molecule has 0 radical (unpaired) electrons. The lowest BCUT2D eigenvalue weighted by Gasteiger charge is -2.13. The van der Waals surface area contributed by atoms with Crippen molar-refractivity contribution in [1.29, 1.82) is 5.26 Å². The molecule has 32 heavy (non-hydrogen) atoms. The van der Waals surface area contributed by atoms with Crippen LogP contribution in [0.3, 0.4) is 0 Å². The molecule has 3 aromatic rings. The Hall–Kier alpha value is -3.02. The summed E-state index contributed by atoms with van der Waals surface area (Å²) in [7, 11) is 0. The number of ether oxygens (including phenoxy) is 2. The summed E-state index contributed by atoms with van der Waals surface area (Å²) in [6.45, 7) is 2.60. The number of halogens is 2. The van der Waals surface area contributed by atoms with Crippen molar-refractivity contribution in [2.75, 3.05) is 11.9 Å². The van der Waals surface area contributed by atoms with E-state index in [9.17, 15) is 10.1 Å². The normalized spacial score (nSPS) is 10.9. The average Bonchev–Trinajstić information content (AvgIpc) is 2.78. The van der Waals surface area contributed by atoms with E-state index >= 15 is 0 Å². The Morgan fingerprint density at radius 2 is 1.91 bits per heavy atom. The van der Waals surface area contributed by atoms with E-state index in [0.29, 0.717) is 34.4 Å². The summed E-state index contributed by atoms with van der Waals surface area (Å²) in [5, 5.41) is 12.9. The first kappa shape index (κ1) is 23.6. The maximum Gasteiger partial charge on any atom is 0.266 e. The third kappa shape index (κ3) is 6.49. The summed E-state index contributed by atoms with van der Waals surface area (Å²) in [5.74, 6) is 0.584. The van der Waals surface area contributed by atoms with Crippen LogP contribution in [0, 0.1) is 14.9 Å². The first-order valence-corrected chi connectivity index (χ1v) is 11.3. The molecular formula is C25H20ClIN2O3. The van der Waals surface area contributed by atoms with Crippen LogP contribution in [0.4, 0.5) is 5.69 Å². The number of hydrogen-bond donors (Lipinski definition) is 1. The minimum absolute atomic E-state index is 0.0176. The van der Waals surface area contributed by atoms with Gasteiger partial charge in [0.2, 0.25) is 0 Å². The van der Waals surface area contributed by atoms with Gasteiger partial charge in [-0.1, -0.05) is 41.9 Å². The van der Waals surface area contributed by atoms with Gasteiger partial charge in [0.25, 0.3) is 5.91 Å². The van der Waals surface area contributed by atoms with Gasteiger partial charge in [0.15, 0.2) is 11.5 Å². The zero-order valence-electron chi connectivity index (χ0n) is 17.3. The van der Waals surface area contributed by atoms with E-state index < -0.39 is 5.91 Å². The lowest BCUT2D eigenvalue weighted by molar-refractivity contribution is -0.112. The molecule has 0 heterocycles. The number of amides is 1. The smallest absolute Gasteiger partial charge is 0.266 e. The van der Waals surface area contributed by atoms with Crippen molar-refractivity contribution < 1.29 is 14.3 Å². The van der Waals surface area contributed by atoms with Crippen molar-refractivity contribution in [1.82, 2.24) is 0 Å². The van der Waals surface area contributed by atoms with E-state index in [1.807, 2.05) is 55.5 Å². The molecule has 162 valence electrons. The van der Waals surface area contributed by atoms with Gasteiger partial charge in [-0.15, -0.1) is 0 Å². The molecule has 3 aromatic carbocycles. The molecule has 0 aliphatic carbocycles. The summed E-state index contributed by atoms with van der Waals surface area (Å²) in [4.78, 5) is 12.6. The molecule has 0 aliphatic heterocycles. The molecular weight excluding hydrogens is 539 g/mol. The molecule has 0 saturated carbocycles. The summed E-state index contributed by atoms with van der Waals surface area (Å²) in [6.07, 6.45) is 1.52. The molecule has 3 rings (SSSR count). The van der Waals surface area contributed by atoms with Gasteiger partial charge in [-0.25, -0.2) is 0 Å². The first-order valence-electron chi connectivity index (χ1n) is 9.82. The van der Waals surface area contributed by atoms with Crippen LogP contribution in [-0.2, 0) is 11.4 Å². The SMILES string of the molecule is CCOc1cc(/C=C(\C#N)C(=O)Nc2cccc(I)c2)ccc1OCc1ccccc1Cl. The van der Waals surface area contributed by atoms with Crippen molar-refractivity contribution >= 4 is 51.9 Å². The Balaban J connectivity index is 1.79. The van der Waals surface area contributed by atoms with Gasteiger partial charge in [0, 0.05) is 19.8 Å². The highest BCUT2D eigenvalue weighted by Crippen LogP contribution is 2.31. The molecule has 5 nitrogen and oxygen atoms in total. The van der Waals surface area contributed by atoms with Crippen LogP contribution >= 0.6 is 34.2 Å². The van der Waals surface area contributed by atoms with Crippen LogP contribution in [0.25, 0.3) is 6.08 Å². The maximum absolute atomic E-state index is 12.6. The first-order chi connectivity index (χ1) is 15.5. The van der Waals surface area contributed by atoms with Crippen molar-refractivity contribution in [3.8, 4) is 17.6 Å². The van der Waals surface area contributed by atoms with Gasteiger partial charge in [-0.2, -0.15) is 5.26 Å². The van der Waals surface area contributed by atoms with Crippen molar-refractivity contribution in [2.45, 2.75) is 13.5 Å². The topological polar surface area (TPSA) is 71.3 Å². The van der Waals surface area contributed by atoms with Crippen molar-refractivity contribution in [2.24, 2.45) is 0 Å². The monoisotopic (exact) mass is 558 g/mol. The number of anilines is 1. The van der Waals surface area contributed by atoms with E-state index in [4.69, 9.17) is 21.1 Å². The number of nitrogens with one attached hydrogen (secondary N) is 1. The third-order valence-electron chi connectivity index (χ3n) is 4.37. The number of carbonyl (C=O) groups excluding carboxylic acids is 1. The van der Waals surface area contributed by atoms with Crippen LogP contribution in [0.2, 0.25) is 5.02 Å². The zero-order valence-corrected chi connectivity index (χ0v) is 20.2. The second kappa shape index (κ2) is 11.6. The lowest BCUT2D eigenvalue weighted by Crippen LogP contribution is -2.13. The van der Waals surface area contributed by atoms with E-state index in [0.717, 1.165) is 9.13 Å². The Bertz CT molecular complexity index is 1190. The highest BCUT2D eigenvalue weighted by molar-refractivity contribution is 14.1. The van der Waals surface area contributed by atoms with Crippen LogP contribution in [0.15, 0.2) is 72.3 Å². The quantitative estimate of drug-likeness (QED) is 0.195. The largest absolute Gasteiger partial charge is 0.490 e. The maximum atomic E-state index is 12.6. The minimum Gasteiger partial charge on any atom is -0.490 e. The number of nitriles is 1. The van der Waals surface area contributed by atoms with Gasteiger partial charge >= 0.3 is 0 Å². The van der Waals surface area contributed by atoms with Crippen LogP contribution in [0.5, 0.6) is 11.5 Å². The van der Waals surface area contributed by atoms with E-state index in [2.05, 4.69) is 27.9 Å². The Morgan fingerprint density at radius 1 is 1.09 bits per heavy atom. The summed E-state index contributed by atoms with van der Waals surface area (Å²) < 4.78 is 12.6. The van der Waals surface area contributed by atoms with Crippen LogP contribution in [-0.4, -0.2) is 12.5 Å².